The third-order valence-corrected chi connectivity index (χ3v) is 11.7. The maximum Gasteiger partial charge on any atom is -0.0240 e. The summed E-state index contributed by atoms with van der Waals surface area (Å²) in [5.41, 5.74) is 1.89. The fourth-order valence-corrected chi connectivity index (χ4v) is 10.0. The van der Waals surface area contributed by atoms with E-state index >= 15 is 0 Å². The fraction of sp³-hybridized carbons (Fsp3) is 1.00. The second-order valence-corrected chi connectivity index (χ2v) is 13.8. The second kappa shape index (κ2) is 7.85. The minimum atomic E-state index is 0.605. The van der Waals surface area contributed by atoms with Crippen molar-refractivity contribution in [3.05, 3.63) is 0 Å². The molecule has 0 bridgehead atoms. The van der Waals surface area contributed by atoms with Crippen molar-refractivity contribution in [3.8, 4) is 0 Å². The van der Waals surface area contributed by atoms with Gasteiger partial charge in [-0.3, -0.25) is 0 Å². The van der Waals surface area contributed by atoms with Crippen molar-refractivity contribution in [2.45, 2.75) is 126 Å². The molecular formula is C29H52. The average molecular weight is 401 g/mol. The maximum absolute atomic E-state index is 2.75. The third-order valence-electron chi connectivity index (χ3n) is 11.7. The van der Waals surface area contributed by atoms with E-state index in [1.807, 2.05) is 0 Å². The van der Waals surface area contributed by atoms with Crippen LogP contribution in [0, 0.1) is 57.7 Å². The van der Waals surface area contributed by atoms with Gasteiger partial charge in [0.25, 0.3) is 0 Å². The predicted molar refractivity (Wildman–Crippen MR) is 127 cm³/mol. The highest BCUT2D eigenvalue weighted by Gasteiger charge is 2.64. The quantitative estimate of drug-likeness (QED) is 0.403. The molecule has 4 aliphatic rings. The molecule has 0 spiro atoms. The first kappa shape index (κ1) is 22.2. The topological polar surface area (TPSA) is 0 Å². The van der Waals surface area contributed by atoms with Crippen molar-refractivity contribution >= 4 is 0 Å². The van der Waals surface area contributed by atoms with Crippen LogP contribution in [0.3, 0.4) is 0 Å². The minimum Gasteiger partial charge on any atom is -0.0628 e. The maximum atomic E-state index is 2.75. The van der Waals surface area contributed by atoms with Crippen LogP contribution in [0.2, 0.25) is 0 Å². The molecule has 4 fully saturated rings. The molecule has 0 heteroatoms. The largest absolute Gasteiger partial charge is 0.0628 e. The molecule has 0 aromatic heterocycles. The van der Waals surface area contributed by atoms with Gasteiger partial charge < -0.3 is 0 Å². The molecule has 0 aliphatic heterocycles. The highest BCUT2D eigenvalue weighted by molar-refractivity contribution is 5.13. The molecular weight excluding hydrogens is 348 g/mol. The van der Waals surface area contributed by atoms with Gasteiger partial charge in [-0.05, 0) is 109 Å². The van der Waals surface area contributed by atoms with E-state index in [1.165, 1.54) is 51.4 Å². The van der Waals surface area contributed by atoms with Gasteiger partial charge in [-0.25, -0.2) is 0 Å². The van der Waals surface area contributed by atoms with Crippen molar-refractivity contribution in [2.75, 3.05) is 0 Å². The SMILES string of the molecule is CC(C)CCCCC1CCC2C3C(C)CC4(C)CC(C)CCC4(C)C3CCC12C. The van der Waals surface area contributed by atoms with Gasteiger partial charge in [0, 0.05) is 0 Å². The lowest BCUT2D eigenvalue weighted by Gasteiger charge is -2.67. The zero-order chi connectivity index (χ0) is 21.0. The predicted octanol–water partition coefficient (Wildman–Crippen LogP) is 9.13. The first-order chi connectivity index (χ1) is 13.6. The van der Waals surface area contributed by atoms with E-state index in [0.29, 0.717) is 16.2 Å². The number of unbranched alkanes of at least 4 members (excludes halogenated alkanes) is 1. The average Bonchev–Trinajstić information content (AvgIpc) is 2.96. The highest BCUT2D eigenvalue weighted by Crippen LogP contribution is 2.72. The van der Waals surface area contributed by atoms with Crippen LogP contribution in [0.5, 0.6) is 0 Å². The smallest absolute Gasteiger partial charge is 0.0240 e. The lowest BCUT2D eigenvalue weighted by Crippen LogP contribution is -2.59. The molecule has 0 saturated heterocycles. The molecule has 4 aliphatic carbocycles. The summed E-state index contributed by atoms with van der Waals surface area (Å²) in [5.74, 6) is 6.89. The number of rotatable bonds is 5. The first-order valence-corrected chi connectivity index (χ1v) is 13.6. The molecule has 9 unspecified atom stereocenters. The molecule has 0 radical (unpaired) electrons. The summed E-state index contributed by atoms with van der Waals surface area (Å²) in [5, 5.41) is 0. The number of hydrogen-bond acceptors (Lipinski definition) is 0. The Bertz CT molecular complexity index is 577. The summed E-state index contributed by atoms with van der Waals surface area (Å²) in [4.78, 5) is 0. The van der Waals surface area contributed by atoms with Gasteiger partial charge in [0.15, 0.2) is 0 Å². The normalized spacial score (nSPS) is 52.1. The van der Waals surface area contributed by atoms with Gasteiger partial charge in [-0.15, -0.1) is 0 Å². The van der Waals surface area contributed by atoms with Crippen molar-refractivity contribution in [1.82, 2.24) is 0 Å². The molecule has 4 saturated carbocycles. The summed E-state index contributed by atoms with van der Waals surface area (Å²) in [6.07, 6.45) is 18.1. The van der Waals surface area contributed by atoms with Gasteiger partial charge in [0.1, 0.15) is 0 Å². The Labute approximate surface area is 183 Å². The minimum absolute atomic E-state index is 0.605. The monoisotopic (exact) mass is 400 g/mol. The summed E-state index contributed by atoms with van der Waals surface area (Å²) >= 11 is 0. The standard InChI is InChI=1S/C29H52/c1-20(2)10-8-9-11-23-12-13-24-26-22(4)19-27(5)18-21(3)14-17-29(27,7)25(26)15-16-28(23,24)6/h20-26H,8-19H2,1-7H3. The van der Waals surface area contributed by atoms with Gasteiger partial charge in [-0.1, -0.05) is 74.1 Å². The molecule has 9 atom stereocenters. The Morgan fingerprint density at radius 3 is 2.31 bits per heavy atom. The summed E-state index contributed by atoms with van der Waals surface area (Å²) < 4.78 is 0. The molecule has 0 N–H and O–H groups in total. The van der Waals surface area contributed by atoms with E-state index < -0.39 is 0 Å². The molecule has 168 valence electrons. The Kier molecular flexibility index (Phi) is 6.01. The molecule has 0 aromatic rings. The molecule has 0 heterocycles. The van der Waals surface area contributed by atoms with Crippen LogP contribution < -0.4 is 0 Å². The van der Waals surface area contributed by atoms with Crippen molar-refractivity contribution in [1.29, 1.82) is 0 Å². The lowest BCUT2D eigenvalue weighted by atomic mass is 9.38. The Balaban J connectivity index is 1.51. The van der Waals surface area contributed by atoms with E-state index in [1.54, 1.807) is 25.7 Å². The van der Waals surface area contributed by atoms with Crippen molar-refractivity contribution in [2.24, 2.45) is 57.7 Å². The van der Waals surface area contributed by atoms with Crippen molar-refractivity contribution < 1.29 is 0 Å². The third kappa shape index (κ3) is 3.55. The van der Waals surface area contributed by atoms with Gasteiger partial charge in [0.05, 0.1) is 0 Å². The Hall–Kier alpha value is 0. The number of fused-ring (bicyclic) bond motifs is 5. The van der Waals surface area contributed by atoms with Gasteiger partial charge in [0.2, 0.25) is 0 Å². The second-order valence-electron chi connectivity index (χ2n) is 13.8. The zero-order valence-electron chi connectivity index (χ0n) is 21.0. The van der Waals surface area contributed by atoms with E-state index in [2.05, 4.69) is 48.5 Å². The number of hydrogen-bond donors (Lipinski definition) is 0. The van der Waals surface area contributed by atoms with E-state index in [4.69, 9.17) is 0 Å². The summed E-state index contributed by atoms with van der Waals surface area (Å²) in [7, 11) is 0. The highest BCUT2D eigenvalue weighted by atomic mass is 14.7. The lowest BCUT2D eigenvalue weighted by molar-refractivity contribution is -0.181. The molecule has 0 aromatic carbocycles. The van der Waals surface area contributed by atoms with Crippen LogP contribution in [0.1, 0.15) is 126 Å². The first-order valence-electron chi connectivity index (χ1n) is 13.6. The van der Waals surface area contributed by atoms with E-state index in [0.717, 1.165) is 41.4 Å². The van der Waals surface area contributed by atoms with Crippen LogP contribution in [0.15, 0.2) is 0 Å². The fourth-order valence-electron chi connectivity index (χ4n) is 10.0. The Morgan fingerprint density at radius 1 is 0.828 bits per heavy atom. The Morgan fingerprint density at radius 2 is 1.59 bits per heavy atom. The van der Waals surface area contributed by atoms with Gasteiger partial charge in [-0.2, -0.15) is 0 Å². The van der Waals surface area contributed by atoms with Crippen LogP contribution >= 0.6 is 0 Å². The zero-order valence-corrected chi connectivity index (χ0v) is 21.0. The van der Waals surface area contributed by atoms with Crippen LogP contribution in [0.4, 0.5) is 0 Å². The van der Waals surface area contributed by atoms with Crippen LogP contribution in [0.25, 0.3) is 0 Å². The summed E-state index contributed by atoms with van der Waals surface area (Å²) in [6.45, 7) is 18.2. The van der Waals surface area contributed by atoms with E-state index in [-0.39, 0.29) is 0 Å². The van der Waals surface area contributed by atoms with Crippen LogP contribution in [-0.4, -0.2) is 0 Å². The van der Waals surface area contributed by atoms with E-state index in [9.17, 15) is 0 Å². The molecule has 29 heavy (non-hydrogen) atoms. The van der Waals surface area contributed by atoms with Crippen molar-refractivity contribution in [3.63, 3.8) is 0 Å². The molecule has 4 rings (SSSR count). The van der Waals surface area contributed by atoms with Gasteiger partial charge >= 0.3 is 0 Å². The summed E-state index contributed by atoms with van der Waals surface area (Å²) in [6, 6.07) is 0. The molecule has 0 nitrogen and oxygen atoms in total. The van der Waals surface area contributed by atoms with Crippen LogP contribution in [-0.2, 0) is 0 Å². The molecule has 0 amide bonds.